The average Bonchev–Trinajstić information content (AvgIpc) is 2.44. The fraction of sp³-hybridized carbons (Fsp3) is 0.364. The van der Waals surface area contributed by atoms with E-state index in [1.54, 1.807) is 0 Å². The van der Waals surface area contributed by atoms with E-state index in [9.17, 15) is 19.7 Å². The number of esters is 2. The lowest BCUT2D eigenvalue weighted by Gasteiger charge is -2.22. The number of carbonyl (C=O) groups excluding carboxylic acids is 2. The molecule has 0 amide bonds. The predicted octanol–water partition coefficient (Wildman–Crippen LogP) is 1.36. The van der Waals surface area contributed by atoms with Crippen molar-refractivity contribution >= 4 is 33.6 Å². The molecule has 0 aliphatic heterocycles. The smallest absolute Gasteiger partial charge is 0.329 e. The van der Waals surface area contributed by atoms with Gasteiger partial charge in [0.05, 0.1) is 19.1 Å². The Labute approximate surface area is 122 Å². The molecule has 20 heavy (non-hydrogen) atoms. The SMILES string of the molecule is COC(=O)C(C)(C(=O)OC)c1ncc(Br)cc1[N+](=O)[O-]. The van der Waals surface area contributed by atoms with Crippen molar-refractivity contribution in [1.29, 1.82) is 0 Å². The van der Waals surface area contributed by atoms with Gasteiger partial charge in [-0.25, -0.2) is 0 Å². The van der Waals surface area contributed by atoms with Gasteiger partial charge in [-0.05, 0) is 22.9 Å². The molecule has 8 nitrogen and oxygen atoms in total. The number of aromatic nitrogens is 1. The zero-order valence-corrected chi connectivity index (χ0v) is 12.5. The number of hydrogen-bond donors (Lipinski definition) is 0. The summed E-state index contributed by atoms with van der Waals surface area (Å²) in [5.74, 6) is -2.00. The lowest BCUT2D eigenvalue weighted by Crippen LogP contribution is -2.43. The van der Waals surface area contributed by atoms with Gasteiger partial charge >= 0.3 is 11.9 Å². The van der Waals surface area contributed by atoms with E-state index >= 15 is 0 Å². The van der Waals surface area contributed by atoms with Gasteiger partial charge in [0.25, 0.3) is 5.69 Å². The average molecular weight is 347 g/mol. The third kappa shape index (κ3) is 2.62. The maximum atomic E-state index is 11.9. The van der Waals surface area contributed by atoms with E-state index in [4.69, 9.17) is 0 Å². The molecule has 0 saturated carbocycles. The molecule has 0 N–H and O–H groups in total. The molecule has 0 unspecified atom stereocenters. The van der Waals surface area contributed by atoms with E-state index in [2.05, 4.69) is 30.4 Å². The minimum absolute atomic E-state index is 0.338. The van der Waals surface area contributed by atoms with Gasteiger partial charge in [0.15, 0.2) is 0 Å². The fourth-order valence-corrected chi connectivity index (χ4v) is 1.96. The molecule has 0 bridgehead atoms. The van der Waals surface area contributed by atoms with E-state index in [1.807, 2.05) is 0 Å². The molecule has 0 spiro atoms. The van der Waals surface area contributed by atoms with Gasteiger partial charge in [0.1, 0.15) is 5.69 Å². The van der Waals surface area contributed by atoms with Crippen molar-refractivity contribution in [2.45, 2.75) is 12.3 Å². The molecule has 0 saturated heterocycles. The summed E-state index contributed by atoms with van der Waals surface area (Å²) >= 11 is 3.04. The minimum Gasteiger partial charge on any atom is -0.468 e. The first-order chi connectivity index (χ1) is 9.28. The quantitative estimate of drug-likeness (QED) is 0.350. The third-order valence-electron chi connectivity index (χ3n) is 2.69. The van der Waals surface area contributed by atoms with E-state index in [-0.39, 0.29) is 5.69 Å². The van der Waals surface area contributed by atoms with Crippen LogP contribution in [0.2, 0.25) is 0 Å². The molecule has 1 aromatic rings. The van der Waals surface area contributed by atoms with E-state index in [1.165, 1.54) is 6.20 Å². The molecular weight excluding hydrogens is 336 g/mol. The highest BCUT2D eigenvalue weighted by atomic mass is 79.9. The Balaban J connectivity index is 3.62. The van der Waals surface area contributed by atoms with Gasteiger partial charge in [-0.1, -0.05) is 0 Å². The maximum absolute atomic E-state index is 11.9. The number of carbonyl (C=O) groups is 2. The van der Waals surface area contributed by atoms with Gasteiger partial charge in [-0.15, -0.1) is 0 Å². The van der Waals surface area contributed by atoms with Gasteiger partial charge in [0.2, 0.25) is 5.41 Å². The van der Waals surface area contributed by atoms with Crippen molar-refractivity contribution in [2.24, 2.45) is 0 Å². The van der Waals surface area contributed by atoms with Crippen LogP contribution in [0.15, 0.2) is 16.7 Å². The van der Waals surface area contributed by atoms with Crippen LogP contribution in [-0.2, 0) is 24.5 Å². The Morgan fingerprint density at radius 1 is 1.35 bits per heavy atom. The van der Waals surface area contributed by atoms with Gasteiger partial charge in [-0.2, -0.15) is 0 Å². The summed E-state index contributed by atoms with van der Waals surface area (Å²) < 4.78 is 9.43. The number of rotatable bonds is 4. The molecule has 0 aliphatic rings. The molecule has 0 atom stereocenters. The van der Waals surface area contributed by atoms with Crippen LogP contribution in [0.25, 0.3) is 0 Å². The van der Waals surface area contributed by atoms with Crippen LogP contribution < -0.4 is 0 Å². The van der Waals surface area contributed by atoms with E-state index in [0.29, 0.717) is 4.47 Å². The van der Waals surface area contributed by atoms with Crippen molar-refractivity contribution in [3.05, 3.63) is 32.5 Å². The van der Waals surface area contributed by atoms with Crippen molar-refractivity contribution in [3.63, 3.8) is 0 Å². The molecule has 1 aromatic heterocycles. The highest BCUT2D eigenvalue weighted by Crippen LogP contribution is 2.33. The zero-order chi connectivity index (χ0) is 15.5. The second kappa shape index (κ2) is 5.95. The lowest BCUT2D eigenvalue weighted by atomic mass is 9.85. The molecule has 9 heteroatoms. The fourth-order valence-electron chi connectivity index (χ4n) is 1.64. The summed E-state index contributed by atoms with van der Waals surface area (Å²) in [5, 5.41) is 11.1. The summed E-state index contributed by atoms with van der Waals surface area (Å²) in [6, 6.07) is 1.15. The van der Waals surface area contributed by atoms with Gasteiger partial charge in [0, 0.05) is 16.7 Å². The highest BCUT2D eigenvalue weighted by Gasteiger charge is 2.51. The first-order valence-corrected chi connectivity index (χ1v) is 6.05. The monoisotopic (exact) mass is 346 g/mol. The minimum atomic E-state index is -2.02. The molecular formula is C11H11BrN2O6. The predicted molar refractivity (Wildman–Crippen MR) is 70.0 cm³/mol. The van der Waals surface area contributed by atoms with Crippen molar-refractivity contribution in [3.8, 4) is 0 Å². The zero-order valence-electron chi connectivity index (χ0n) is 10.9. The normalized spacial score (nSPS) is 10.8. The Morgan fingerprint density at radius 2 is 1.85 bits per heavy atom. The first kappa shape index (κ1) is 16.0. The topological polar surface area (TPSA) is 109 Å². The summed E-state index contributed by atoms with van der Waals surface area (Å²) in [7, 11) is 2.13. The summed E-state index contributed by atoms with van der Waals surface area (Å²) in [5.41, 5.74) is -2.85. The summed E-state index contributed by atoms with van der Waals surface area (Å²) in [6.45, 7) is 1.16. The Kier molecular flexibility index (Phi) is 4.77. The van der Waals surface area contributed by atoms with Gasteiger partial charge < -0.3 is 9.47 Å². The summed E-state index contributed by atoms with van der Waals surface area (Å²) in [4.78, 5) is 38.0. The Hall–Kier alpha value is -2.03. The van der Waals surface area contributed by atoms with Crippen LogP contribution in [-0.4, -0.2) is 36.1 Å². The largest absolute Gasteiger partial charge is 0.468 e. The van der Waals surface area contributed by atoms with E-state index in [0.717, 1.165) is 27.2 Å². The number of halogens is 1. The Bertz CT molecular complexity index is 558. The van der Waals surface area contributed by atoms with Crippen molar-refractivity contribution in [2.75, 3.05) is 14.2 Å². The van der Waals surface area contributed by atoms with Crippen LogP contribution in [0, 0.1) is 10.1 Å². The second-order valence-corrected chi connectivity index (χ2v) is 4.80. The van der Waals surface area contributed by atoms with Crippen LogP contribution in [0.1, 0.15) is 12.6 Å². The number of hydrogen-bond acceptors (Lipinski definition) is 7. The first-order valence-electron chi connectivity index (χ1n) is 5.26. The second-order valence-electron chi connectivity index (χ2n) is 3.89. The molecule has 0 radical (unpaired) electrons. The molecule has 1 rings (SSSR count). The van der Waals surface area contributed by atoms with Crippen LogP contribution >= 0.6 is 15.9 Å². The molecule has 108 valence electrons. The Morgan fingerprint density at radius 3 is 2.25 bits per heavy atom. The molecule has 0 aliphatic carbocycles. The molecule has 0 fully saturated rings. The standard InChI is InChI=1S/C11H11BrN2O6/c1-11(9(15)19-2,10(16)20-3)8-7(14(17)18)4-6(12)5-13-8/h4-5H,1-3H3. The van der Waals surface area contributed by atoms with E-state index < -0.39 is 28.0 Å². The van der Waals surface area contributed by atoms with Gasteiger partial charge in [-0.3, -0.25) is 24.7 Å². The van der Waals surface area contributed by atoms with Crippen molar-refractivity contribution in [1.82, 2.24) is 4.98 Å². The lowest BCUT2D eigenvalue weighted by molar-refractivity contribution is -0.386. The number of ether oxygens (including phenoxy) is 2. The maximum Gasteiger partial charge on any atom is 0.329 e. The van der Waals surface area contributed by atoms with Crippen LogP contribution in [0.3, 0.4) is 0 Å². The molecule has 0 aromatic carbocycles. The number of nitro groups is 1. The van der Waals surface area contributed by atoms with Crippen LogP contribution in [0.5, 0.6) is 0 Å². The summed E-state index contributed by atoms with van der Waals surface area (Å²) in [6.07, 6.45) is 1.24. The van der Waals surface area contributed by atoms with Crippen LogP contribution in [0.4, 0.5) is 5.69 Å². The number of nitrogens with zero attached hydrogens (tertiary/aromatic N) is 2. The third-order valence-corrected chi connectivity index (χ3v) is 3.13. The molecule has 1 heterocycles. The highest BCUT2D eigenvalue weighted by molar-refractivity contribution is 9.10. The number of methoxy groups -OCH3 is 2. The van der Waals surface area contributed by atoms with Crippen molar-refractivity contribution < 1.29 is 24.0 Å². The number of pyridine rings is 1.